The number of rotatable bonds is 7. The monoisotopic (exact) mass is 510 g/mol. The van der Waals surface area contributed by atoms with Crippen molar-refractivity contribution in [3.05, 3.63) is 53.6 Å². The lowest BCUT2D eigenvalue weighted by molar-refractivity contribution is -0.190. The van der Waals surface area contributed by atoms with Crippen molar-refractivity contribution in [3.63, 3.8) is 0 Å². The Morgan fingerprint density at radius 2 is 1.91 bits per heavy atom. The van der Waals surface area contributed by atoms with Crippen LogP contribution in [-0.4, -0.2) is 48.6 Å². The SMILES string of the molecule is COc1cc(Nc2nc3c(C(C)(C)O)ccc(O[C@@H](C)C(F)(F)F)n3n2)ccc1-n1cnc(Cl)c1. The number of nitrogens with one attached hydrogen (secondary N) is 1. The van der Waals surface area contributed by atoms with Crippen LogP contribution in [0.2, 0.25) is 5.15 Å². The van der Waals surface area contributed by atoms with Gasteiger partial charge in [0.05, 0.1) is 18.4 Å². The number of alkyl halides is 3. The summed E-state index contributed by atoms with van der Waals surface area (Å²) in [4.78, 5) is 8.38. The van der Waals surface area contributed by atoms with Crippen LogP contribution in [0.3, 0.4) is 0 Å². The number of fused-ring (bicyclic) bond motifs is 1. The smallest absolute Gasteiger partial charge is 0.425 e. The molecule has 0 amide bonds. The molecule has 0 aliphatic carbocycles. The molecule has 2 N–H and O–H groups in total. The van der Waals surface area contributed by atoms with Crippen molar-refractivity contribution in [1.29, 1.82) is 0 Å². The number of nitrogens with zero attached hydrogens (tertiary/aromatic N) is 5. The van der Waals surface area contributed by atoms with Gasteiger partial charge in [0.25, 0.3) is 0 Å². The van der Waals surface area contributed by atoms with Crippen molar-refractivity contribution >= 4 is 28.9 Å². The second-order valence-electron chi connectivity index (χ2n) is 8.23. The Bertz CT molecular complexity index is 1360. The number of pyridine rings is 1. The fraction of sp³-hybridized carbons (Fsp3) is 0.318. The molecule has 4 aromatic rings. The summed E-state index contributed by atoms with van der Waals surface area (Å²) < 4.78 is 52.6. The van der Waals surface area contributed by atoms with Gasteiger partial charge < -0.3 is 24.5 Å². The molecule has 3 heterocycles. The molecule has 1 aromatic carbocycles. The van der Waals surface area contributed by atoms with Crippen LogP contribution in [-0.2, 0) is 5.60 Å². The molecule has 0 saturated carbocycles. The van der Waals surface area contributed by atoms with E-state index in [1.807, 2.05) is 0 Å². The van der Waals surface area contributed by atoms with Crippen molar-refractivity contribution in [2.45, 2.75) is 38.7 Å². The lowest BCUT2D eigenvalue weighted by Crippen LogP contribution is -2.32. The minimum Gasteiger partial charge on any atom is -0.494 e. The van der Waals surface area contributed by atoms with Crippen molar-refractivity contribution < 1.29 is 27.8 Å². The molecule has 0 spiro atoms. The standard InChI is InChI=1S/C22H22ClF3N6O3/c1-12(22(24,25)26)35-18-8-6-14(21(2,3)33)19-29-20(30-32(18)19)28-13-5-7-15(16(9-13)34-4)31-10-17(23)27-11-31/h5-12,33H,1-4H3,(H,28,30)/t12-/m0/s1. The molecule has 0 aliphatic heterocycles. The van der Waals surface area contributed by atoms with E-state index in [9.17, 15) is 18.3 Å². The maximum Gasteiger partial charge on any atom is 0.425 e. The Kier molecular flexibility index (Phi) is 6.28. The number of halogens is 4. The maximum absolute atomic E-state index is 13.1. The van der Waals surface area contributed by atoms with Crippen LogP contribution in [0.1, 0.15) is 26.3 Å². The normalized spacial score (nSPS) is 13.2. The zero-order valence-electron chi connectivity index (χ0n) is 19.1. The number of aliphatic hydroxyl groups is 1. The third-order valence-corrected chi connectivity index (χ3v) is 5.33. The molecule has 9 nitrogen and oxygen atoms in total. The second-order valence-corrected chi connectivity index (χ2v) is 8.62. The summed E-state index contributed by atoms with van der Waals surface area (Å²) >= 11 is 5.90. The van der Waals surface area contributed by atoms with Gasteiger partial charge in [0, 0.05) is 29.6 Å². The van der Waals surface area contributed by atoms with Gasteiger partial charge in [0.15, 0.2) is 11.8 Å². The van der Waals surface area contributed by atoms with Crippen LogP contribution in [0, 0.1) is 0 Å². The molecule has 35 heavy (non-hydrogen) atoms. The molecular weight excluding hydrogens is 489 g/mol. The lowest BCUT2D eigenvalue weighted by Gasteiger charge is -2.21. The van der Waals surface area contributed by atoms with E-state index in [-0.39, 0.29) is 17.5 Å². The van der Waals surface area contributed by atoms with Crippen LogP contribution in [0.25, 0.3) is 11.3 Å². The van der Waals surface area contributed by atoms with Gasteiger partial charge in [0.2, 0.25) is 11.8 Å². The molecular formula is C22H22ClF3N6O3. The summed E-state index contributed by atoms with van der Waals surface area (Å²) in [5, 5.41) is 18.1. The average molecular weight is 511 g/mol. The Balaban J connectivity index is 1.72. The van der Waals surface area contributed by atoms with Crippen molar-refractivity contribution in [3.8, 4) is 17.3 Å². The van der Waals surface area contributed by atoms with Gasteiger partial charge in [-0.2, -0.15) is 22.7 Å². The van der Waals surface area contributed by atoms with Gasteiger partial charge in [-0.05, 0) is 39.0 Å². The highest BCUT2D eigenvalue weighted by Crippen LogP contribution is 2.32. The second kappa shape index (κ2) is 8.93. The summed E-state index contributed by atoms with van der Waals surface area (Å²) in [5.74, 6) is 0.392. The first-order valence-corrected chi connectivity index (χ1v) is 10.8. The zero-order valence-corrected chi connectivity index (χ0v) is 19.9. The van der Waals surface area contributed by atoms with Gasteiger partial charge in [-0.1, -0.05) is 11.6 Å². The fourth-order valence-electron chi connectivity index (χ4n) is 3.34. The van der Waals surface area contributed by atoms with Crippen molar-refractivity contribution in [2.24, 2.45) is 0 Å². The fourth-order valence-corrected chi connectivity index (χ4v) is 3.48. The summed E-state index contributed by atoms with van der Waals surface area (Å²) in [6.45, 7) is 3.97. The number of ether oxygens (including phenoxy) is 2. The first kappa shape index (κ1) is 24.6. The van der Waals surface area contributed by atoms with E-state index in [1.165, 1.54) is 33.1 Å². The molecule has 0 fully saturated rings. The molecule has 3 aromatic heterocycles. The molecule has 4 rings (SSSR count). The summed E-state index contributed by atoms with van der Waals surface area (Å²) in [6, 6.07) is 7.96. The van der Waals surface area contributed by atoms with Crippen molar-refractivity contribution in [2.75, 3.05) is 12.4 Å². The number of hydrogen-bond donors (Lipinski definition) is 2. The zero-order chi connectivity index (χ0) is 25.5. The number of imidazole rings is 1. The topological polar surface area (TPSA) is 98.7 Å². The lowest BCUT2D eigenvalue weighted by atomic mass is 10.00. The Labute approximate surface area is 203 Å². The molecule has 1 atom stereocenters. The summed E-state index contributed by atoms with van der Waals surface area (Å²) in [5.41, 5.74) is 0.389. The van der Waals surface area contributed by atoms with Crippen LogP contribution < -0.4 is 14.8 Å². The predicted molar refractivity (Wildman–Crippen MR) is 123 cm³/mol. The van der Waals surface area contributed by atoms with E-state index in [2.05, 4.69) is 20.4 Å². The van der Waals surface area contributed by atoms with Crippen LogP contribution in [0.5, 0.6) is 11.6 Å². The minimum atomic E-state index is -4.57. The van der Waals surface area contributed by atoms with Crippen LogP contribution in [0.4, 0.5) is 24.8 Å². The van der Waals surface area contributed by atoms with Gasteiger partial charge >= 0.3 is 6.18 Å². The quantitative estimate of drug-likeness (QED) is 0.365. The Hall–Kier alpha value is -3.51. The Morgan fingerprint density at radius 3 is 2.51 bits per heavy atom. The van der Waals surface area contributed by atoms with E-state index >= 15 is 0 Å². The van der Waals surface area contributed by atoms with E-state index in [1.54, 1.807) is 35.3 Å². The van der Waals surface area contributed by atoms with E-state index < -0.39 is 17.9 Å². The van der Waals surface area contributed by atoms with E-state index in [4.69, 9.17) is 21.1 Å². The molecule has 186 valence electrons. The number of anilines is 2. The van der Waals surface area contributed by atoms with Gasteiger partial charge in [-0.15, -0.1) is 5.10 Å². The Morgan fingerprint density at radius 1 is 1.17 bits per heavy atom. The third kappa shape index (κ3) is 5.13. The molecule has 13 heteroatoms. The first-order chi connectivity index (χ1) is 16.4. The first-order valence-electron chi connectivity index (χ1n) is 10.4. The van der Waals surface area contributed by atoms with E-state index in [0.717, 1.165) is 11.4 Å². The average Bonchev–Trinajstić information content (AvgIpc) is 3.38. The molecule has 0 saturated heterocycles. The predicted octanol–water partition coefficient (Wildman–Crippen LogP) is 4.88. The van der Waals surface area contributed by atoms with Gasteiger partial charge in [0.1, 0.15) is 17.2 Å². The maximum atomic E-state index is 13.1. The molecule has 0 unspecified atom stereocenters. The largest absolute Gasteiger partial charge is 0.494 e. The van der Waals surface area contributed by atoms with Crippen molar-refractivity contribution in [1.82, 2.24) is 24.1 Å². The third-order valence-electron chi connectivity index (χ3n) is 5.13. The molecule has 0 radical (unpaired) electrons. The highest BCUT2D eigenvalue weighted by atomic mass is 35.5. The summed E-state index contributed by atoms with van der Waals surface area (Å²) in [7, 11) is 1.51. The van der Waals surface area contributed by atoms with Crippen LogP contribution in [0.15, 0.2) is 42.9 Å². The molecule has 0 bridgehead atoms. The highest BCUT2D eigenvalue weighted by molar-refractivity contribution is 6.29. The number of hydrogen-bond acceptors (Lipinski definition) is 7. The number of methoxy groups -OCH3 is 1. The number of aromatic nitrogens is 5. The summed E-state index contributed by atoms with van der Waals surface area (Å²) in [6.07, 6.45) is -3.48. The van der Waals surface area contributed by atoms with Gasteiger partial charge in [-0.3, -0.25) is 0 Å². The molecule has 0 aliphatic rings. The minimum absolute atomic E-state index is 0.0756. The highest BCUT2D eigenvalue weighted by Gasteiger charge is 2.38. The van der Waals surface area contributed by atoms with E-state index in [0.29, 0.717) is 27.8 Å². The van der Waals surface area contributed by atoms with Gasteiger partial charge in [-0.25, -0.2) is 4.98 Å². The van der Waals surface area contributed by atoms with Crippen LogP contribution >= 0.6 is 11.6 Å². The number of benzene rings is 1.